The number of anilines is 1. The highest BCUT2D eigenvalue weighted by Gasteiger charge is 2.30. The molecule has 1 saturated heterocycles. The molecule has 0 aliphatic carbocycles. The number of nitrogens with zero attached hydrogens (tertiary/aromatic N) is 5. The summed E-state index contributed by atoms with van der Waals surface area (Å²) in [5.41, 5.74) is 2.86. The monoisotopic (exact) mass is 568 g/mol. The molecule has 39 heavy (non-hydrogen) atoms. The Morgan fingerprint density at radius 3 is 2.56 bits per heavy atom. The predicted molar refractivity (Wildman–Crippen MR) is 150 cm³/mol. The van der Waals surface area contributed by atoms with Gasteiger partial charge in [-0.1, -0.05) is 29.8 Å². The average Bonchev–Trinajstić information content (AvgIpc) is 3.56. The maximum absolute atomic E-state index is 11.9. The van der Waals surface area contributed by atoms with Crippen molar-refractivity contribution in [3.8, 4) is 34.0 Å². The Morgan fingerprint density at radius 1 is 1.18 bits per heavy atom. The molecule has 1 aromatic carbocycles. The number of hydrogen-bond donors (Lipinski definition) is 1. The predicted octanol–water partition coefficient (Wildman–Crippen LogP) is 4.99. The molecule has 202 valence electrons. The quantitative estimate of drug-likeness (QED) is 0.279. The van der Waals surface area contributed by atoms with Crippen molar-refractivity contribution in [2.75, 3.05) is 32.8 Å². The third-order valence-corrected chi connectivity index (χ3v) is 7.33. The Kier molecular flexibility index (Phi) is 7.69. The largest absolute Gasteiger partial charge is 0.495 e. The second kappa shape index (κ2) is 11.2. The van der Waals surface area contributed by atoms with E-state index in [0.717, 1.165) is 5.56 Å². The van der Waals surface area contributed by atoms with Gasteiger partial charge in [0.15, 0.2) is 5.78 Å². The van der Waals surface area contributed by atoms with Crippen LogP contribution in [0.5, 0.6) is 11.5 Å². The first-order valence-corrected chi connectivity index (χ1v) is 12.8. The zero-order chi connectivity index (χ0) is 27.7. The topological polar surface area (TPSA) is 113 Å². The van der Waals surface area contributed by atoms with Crippen LogP contribution in [0.3, 0.4) is 0 Å². The number of benzene rings is 1. The molecule has 2 atom stereocenters. The van der Waals surface area contributed by atoms with Crippen molar-refractivity contribution in [2.24, 2.45) is 13.0 Å². The van der Waals surface area contributed by atoms with E-state index >= 15 is 0 Å². The maximum Gasteiger partial charge on any atom is 0.223 e. The zero-order valence-corrected chi connectivity index (χ0v) is 23.1. The molecule has 0 unspecified atom stereocenters. The summed E-state index contributed by atoms with van der Waals surface area (Å²) in [5, 5.41) is 8.95. The molecular formula is C27H26Cl2N6O4. The Morgan fingerprint density at radius 2 is 1.92 bits per heavy atom. The number of allylic oxidation sites excluding steroid dienone is 1. The molecule has 1 aliphatic heterocycles. The van der Waals surface area contributed by atoms with Gasteiger partial charge in [0.25, 0.3) is 0 Å². The van der Waals surface area contributed by atoms with E-state index in [1.807, 2.05) is 19.3 Å². The van der Waals surface area contributed by atoms with Gasteiger partial charge in [-0.15, -0.1) is 0 Å². The Hall–Kier alpha value is -3.73. The minimum atomic E-state index is -0.123. The molecule has 4 aromatic rings. The molecule has 4 heterocycles. The van der Waals surface area contributed by atoms with E-state index in [-0.39, 0.29) is 17.7 Å². The van der Waals surface area contributed by atoms with Crippen molar-refractivity contribution in [1.82, 2.24) is 24.7 Å². The van der Waals surface area contributed by atoms with Crippen LogP contribution in [0.1, 0.15) is 6.42 Å². The molecule has 0 saturated carbocycles. The Labute approximate surface area is 234 Å². The van der Waals surface area contributed by atoms with Crippen molar-refractivity contribution >= 4 is 45.8 Å². The van der Waals surface area contributed by atoms with Gasteiger partial charge in [-0.25, -0.2) is 15.0 Å². The van der Waals surface area contributed by atoms with E-state index in [4.69, 9.17) is 47.4 Å². The van der Waals surface area contributed by atoms with Gasteiger partial charge in [0.05, 0.1) is 55.4 Å². The fourth-order valence-electron chi connectivity index (χ4n) is 4.56. The van der Waals surface area contributed by atoms with Crippen LogP contribution in [-0.2, 0) is 16.6 Å². The summed E-state index contributed by atoms with van der Waals surface area (Å²) in [7, 11) is 4.86. The summed E-state index contributed by atoms with van der Waals surface area (Å²) >= 11 is 13.4. The number of carbonyl (C=O) groups excluding carboxylic acids is 1. The number of carbonyl (C=O) groups is 1. The van der Waals surface area contributed by atoms with E-state index in [1.165, 1.54) is 20.3 Å². The zero-order valence-electron chi connectivity index (χ0n) is 21.6. The molecule has 0 amide bonds. The number of ketones is 1. The summed E-state index contributed by atoms with van der Waals surface area (Å²) in [6, 6.07) is 3.32. The lowest BCUT2D eigenvalue weighted by atomic mass is 9.97. The smallest absolute Gasteiger partial charge is 0.223 e. The molecule has 3 aromatic heterocycles. The second-order valence-electron chi connectivity index (χ2n) is 9.10. The number of halogens is 2. The molecule has 0 spiro atoms. The fraction of sp³-hybridized carbons (Fsp3) is 0.296. The summed E-state index contributed by atoms with van der Waals surface area (Å²) in [5.74, 6) is 1.15. The minimum absolute atomic E-state index is 0.0135. The number of nitrogens with one attached hydrogen (secondary N) is 1. The van der Waals surface area contributed by atoms with E-state index in [1.54, 1.807) is 23.1 Å². The van der Waals surface area contributed by atoms with Gasteiger partial charge in [0, 0.05) is 54.4 Å². The van der Waals surface area contributed by atoms with Crippen molar-refractivity contribution in [3.63, 3.8) is 0 Å². The van der Waals surface area contributed by atoms with Gasteiger partial charge in [-0.05, 0) is 12.1 Å². The lowest BCUT2D eigenvalue weighted by molar-refractivity contribution is -0.115. The number of rotatable bonds is 9. The highest BCUT2D eigenvalue weighted by Crippen LogP contribution is 2.46. The molecule has 1 N–H and O–H groups in total. The average molecular weight is 569 g/mol. The lowest BCUT2D eigenvalue weighted by Gasteiger charge is -2.19. The Balaban J connectivity index is 1.63. The molecule has 1 fully saturated rings. The molecule has 0 radical (unpaired) electrons. The first-order valence-electron chi connectivity index (χ1n) is 12.1. The number of pyridine rings is 1. The SMILES string of the molecule is C=CC(=O)C[C@H]1COC[C@H]1Nc1ncc2cc(-c3c(Cl)c(OC)cc(OC)c3Cl)nc(-c3cnn(C)c3)c2n1. The number of aromatic nitrogens is 5. The molecule has 5 rings (SSSR count). The molecular weight excluding hydrogens is 543 g/mol. The van der Waals surface area contributed by atoms with E-state index in [0.29, 0.717) is 75.0 Å². The van der Waals surface area contributed by atoms with E-state index in [9.17, 15) is 4.79 Å². The number of aryl methyl sites for hydroxylation is 1. The third-order valence-electron chi connectivity index (χ3n) is 6.58. The van der Waals surface area contributed by atoms with Crippen LogP contribution >= 0.6 is 23.2 Å². The van der Waals surface area contributed by atoms with Gasteiger partial charge in [0.1, 0.15) is 22.7 Å². The normalized spacial score (nSPS) is 16.8. The van der Waals surface area contributed by atoms with Crippen molar-refractivity contribution in [1.29, 1.82) is 0 Å². The number of hydrogen-bond acceptors (Lipinski definition) is 9. The van der Waals surface area contributed by atoms with Crippen LogP contribution in [0.25, 0.3) is 33.4 Å². The first kappa shape index (κ1) is 26.9. The third kappa shape index (κ3) is 5.27. The fourth-order valence-corrected chi connectivity index (χ4v) is 5.25. The van der Waals surface area contributed by atoms with Gasteiger partial charge < -0.3 is 19.5 Å². The van der Waals surface area contributed by atoms with Crippen molar-refractivity contribution in [3.05, 3.63) is 53.4 Å². The van der Waals surface area contributed by atoms with Crippen LogP contribution in [0.15, 0.2) is 43.4 Å². The number of methoxy groups -OCH3 is 2. The van der Waals surface area contributed by atoms with Gasteiger partial charge in [0.2, 0.25) is 5.95 Å². The summed E-state index contributed by atoms with van der Waals surface area (Å²) in [6.45, 7) is 4.48. The highest BCUT2D eigenvalue weighted by atomic mass is 35.5. The maximum atomic E-state index is 11.9. The molecule has 0 bridgehead atoms. The number of fused-ring (bicyclic) bond motifs is 1. The van der Waals surface area contributed by atoms with Gasteiger partial charge >= 0.3 is 0 Å². The molecule has 10 nitrogen and oxygen atoms in total. The standard InChI is InChI=1S/C27H26Cl2N6O4/c1-5-17(36)6-15-12-39-13-19(15)33-27-30-9-14-7-18(22-23(28)20(37-3)8-21(38-4)24(22)29)32-26(25(14)34-27)16-10-31-35(2)11-16/h5,7-11,15,19H,1,6,12-13H2,2-4H3,(H,30,33,34)/t15-,19+/m0/s1. The van der Waals surface area contributed by atoms with Gasteiger partial charge in [-0.2, -0.15) is 5.10 Å². The van der Waals surface area contributed by atoms with Crippen LogP contribution in [0.2, 0.25) is 10.0 Å². The summed E-state index contributed by atoms with van der Waals surface area (Å²) < 4.78 is 18.2. The molecule has 12 heteroatoms. The van der Waals surface area contributed by atoms with Crippen LogP contribution < -0.4 is 14.8 Å². The molecule has 1 aliphatic rings. The first-order chi connectivity index (χ1) is 18.8. The number of ether oxygens (including phenoxy) is 3. The van der Waals surface area contributed by atoms with Crippen molar-refractivity contribution < 1.29 is 19.0 Å². The lowest BCUT2D eigenvalue weighted by Crippen LogP contribution is -2.30. The second-order valence-corrected chi connectivity index (χ2v) is 9.85. The van der Waals surface area contributed by atoms with Crippen LogP contribution in [0, 0.1) is 5.92 Å². The van der Waals surface area contributed by atoms with Crippen LogP contribution in [0.4, 0.5) is 5.95 Å². The summed E-state index contributed by atoms with van der Waals surface area (Å²) in [4.78, 5) is 26.2. The van der Waals surface area contributed by atoms with Gasteiger partial charge in [-0.3, -0.25) is 9.48 Å². The van der Waals surface area contributed by atoms with E-state index in [2.05, 4.69) is 22.0 Å². The minimum Gasteiger partial charge on any atom is -0.495 e. The summed E-state index contributed by atoms with van der Waals surface area (Å²) in [6.07, 6.45) is 6.93. The Bertz CT molecular complexity index is 1550. The van der Waals surface area contributed by atoms with E-state index < -0.39 is 0 Å². The van der Waals surface area contributed by atoms with Crippen LogP contribution in [-0.4, -0.2) is 64.0 Å². The van der Waals surface area contributed by atoms with Crippen molar-refractivity contribution in [2.45, 2.75) is 12.5 Å². The highest BCUT2D eigenvalue weighted by molar-refractivity contribution is 6.41.